The van der Waals surface area contributed by atoms with E-state index in [4.69, 9.17) is 4.74 Å². The normalized spacial score (nSPS) is 12.7. The van der Waals surface area contributed by atoms with Gasteiger partial charge in [0.05, 0.1) is 18.1 Å². The topological polar surface area (TPSA) is 113 Å². The third kappa shape index (κ3) is 10.7. The first kappa shape index (κ1) is 35.8. The number of carbonyl (C=O) groups excluding carboxylic acids is 2. The number of carbonyl (C=O) groups is 2. The first-order valence-electron chi connectivity index (χ1n) is 16.5. The first-order chi connectivity index (χ1) is 22.6. The van der Waals surface area contributed by atoms with Crippen molar-refractivity contribution in [1.29, 1.82) is 0 Å². The van der Waals surface area contributed by atoms with Gasteiger partial charge in [0.25, 0.3) is 5.91 Å². The molecule has 2 aromatic carbocycles. The highest BCUT2D eigenvalue weighted by atomic mass is 32.1. The van der Waals surface area contributed by atoms with Crippen molar-refractivity contribution in [2.24, 2.45) is 0 Å². The number of aliphatic hydroxyl groups is 1. The lowest BCUT2D eigenvalue weighted by Gasteiger charge is -2.21. The van der Waals surface area contributed by atoms with Gasteiger partial charge >= 0.3 is 0 Å². The molecule has 2 aromatic heterocycles. The Balaban J connectivity index is 1.38. The van der Waals surface area contributed by atoms with Crippen LogP contribution in [0.15, 0.2) is 73.1 Å². The molecule has 0 bridgehead atoms. The molecular formula is C38H48N4O4S. The van der Waals surface area contributed by atoms with E-state index < -0.39 is 12.1 Å². The van der Waals surface area contributed by atoms with Crippen LogP contribution in [0.5, 0.6) is 5.75 Å². The van der Waals surface area contributed by atoms with E-state index in [2.05, 4.69) is 48.3 Å². The van der Waals surface area contributed by atoms with Crippen LogP contribution in [0.25, 0.3) is 22.5 Å². The summed E-state index contributed by atoms with van der Waals surface area (Å²) in [5.41, 5.74) is 3.57. The molecule has 4 aromatic rings. The molecule has 47 heavy (non-hydrogen) atoms. The Bertz CT molecular complexity index is 1560. The van der Waals surface area contributed by atoms with Crippen LogP contribution in [0.3, 0.4) is 0 Å². The quantitative estimate of drug-likeness (QED) is 0.109. The number of aromatic nitrogens is 2. The highest BCUT2D eigenvalue weighted by molar-refractivity contribution is 7.14. The van der Waals surface area contributed by atoms with Crippen LogP contribution in [0, 0.1) is 0 Å². The number of ether oxygens (including phenoxy) is 1. The van der Waals surface area contributed by atoms with Crippen molar-refractivity contribution in [1.82, 2.24) is 20.6 Å². The van der Waals surface area contributed by atoms with Crippen LogP contribution in [-0.4, -0.2) is 52.2 Å². The highest BCUT2D eigenvalue weighted by Crippen LogP contribution is 2.29. The summed E-state index contributed by atoms with van der Waals surface area (Å²) in [7, 11) is 0. The molecule has 2 unspecified atom stereocenters. The molecule has 9 heteroatoms. The molecule has 4 rings (SSSR count). The number of rotatable bonds is 16. The second kappa shape index (κ2) is 17.2. The molecule has 2 atom stereocenters. The van der Waals surface area contributed by atoms with Crippen molar-refractivity contribution in [3.63, 3.8) is 0 Å². The van der Waals surface area contributed by atoms with Gasteiger partial charge in [-0.1, -0.05) is 89.8 Å². The van der Waals surface area contributed by atoms with Crippen LogP contribution in [-0.2, 0) is 16.6 Å². The summed E-state index contributed by atoms with van der Waals surface area (Å²) < 4.78 is 5.89. The highest BCUT2D eigenvalue weighted by Gasteiger charge is 2.25. The molecule has 0 saturated heterocycles. The van der Waals surface area contributed by atoms with E-state index >= 15 is 0 Å². The van der Waals surface area contributed by atoms with E-state index in [0.29, 0.717) is 10.7 Å². The molecule has 2 amide bonds. The zero-order chi connectivity index (χ0) is 33.8. The SMILES string of the molecule is CCCCCCCOc1ccc(-c2cnc(-c3ccc(CC(NC(=O)c4ccc(C(C)(C)C)s4)C(=O)NC(C)CO)cc3)nc2)cc1. The molecule has 0 radical (unpaired) electrons. The molecule has 0 aliphatic carbocycles. The van der Waals surface area contributed by atoms with Gasteiger partial charge in [-0.15, -0.1) is 11.3 Å². The molecule has 0 aliphatic heterocycles. The molecule has 8 nitrogen and oxygen atoms in total. The predicted octanol–water partition coefficient (Wildman–Crippen LogP) is 7.36. The molecule has 3 N–H and O–H groups in total. The summed E-state index contributed by atoms with van der Waals surface area (Å²) in [6, 6.07) is 18.2. The standard InChI is InChI=1S/C38H48N4O4S/c1-6-7-8-9-10-21-46-31-17-15-28(16-18-31)30-23-39-35(40-24-30)29-13-11-27(12-14-29)22-32(36(44)41-26(2)25-43)42-37(45)33-19-20-34(47-33)38(3,4)5/h11-20,23-24,26,32,43H,6-10,21-22,25H2,1-5H3,(H,41,44)(H,42,45). The Labute approximate surface area is 283 Å². The van der Waals surface area contributed by atoms with Crippen molar-refractivity contribution in [3.05, 3.63) is 88.4 Å². The lowest BCUT2D eigenvalue weighted by atomic mass is 9.95. The van der Waals surface area contributed by atoms with Crippen LogP contribution in [0.1, 0.15) is 86.8 Å². The van der Waals surface area contributed by atoms with Gasteiger partial charge in [0.15, 0.2) is 5.82 Å². The lowest BCUT2D eigenvalue weighted by molar-refractivity contribution is -0.123. The van der Waals surface area contributed by atoms with Crippen molar-refractivity contribution in [2.75, 3.05) is 13.2 Å². The fourth-order valence-electron chi connectivity index (χ4n) is 4.98. The monoisotopic (exact) mass is 656 g/mol. The molecule has 250 valence electrons. The summed E-state index contributed by atoms with van der Waals surface area (Å²) in [4.78, 5) is 37.1. The average molecular weight is 657 g/mol. The third-order valence-corrected chi connectivity index (χ3v) is 9.37. The Morgan fingerprint density at radius 3 is 2.13 bits per heavy atom. The Kier molecular flexibility index (Phi) is 13.1. The number of aliphatic hydroxyl groups excluding tert-OH is 1. The third-order valence-electron chi connectivity index (χ3n) is 7.86. The molecule has 0 saturated carbocycles. The van der Waals surface area contributed by atoms with Gasteiger partial charge in [0, 0.05) is 40.9 Å². The van der Waals surface area contributed by atoms with Crippen LogP contribution in [0.2, 0.25) is 0 Å². The number of hydrogen-bond donors (Lipinski definition) is 3. The van der Waals surface area contributed by atoms with Gasteiger partial charge in [-0.3, -0.25) is 9.59 Å². The van der Waals surface area contributed by atoms with E-state index in [-0.39, 0.29) is 30.3 Å². The minimum atomic E-state index is -0.819. The summed E-state index contributed by atoms with van der Waals surface area (Å²) in [6.45, 7) is 10.8. The number of nitrogens with zero attached hydrogens (tertiary/aromatic N) is 2. The zero-order valence-electron chi connectivity index (χ0n) is 28.2. The van der Waals surface area contributed by atoms with Gasteiger partial charge in [0.2, 0.25) is 5.91 Å². The number of amides is 2. The number of nitrogens with one attached hydrogen (secondary N) is 2. The summed E-state index contributed by atoms with van der Waals surface area (Å²) in [5, 5.41) is 15.2. The van der Waals surface area contributed by atoms with E-state index in [1.54, 1.807) is 13.0 Å². The minimum Gasteiger partial charge on any atom is -0.494 e. The number of benzene rings is 2. The maximum Gasteiger partial charge on any atom is 0.262 e. The summed E-state index contributed by atoms with van der Waals surface area (Å²) in [6.07, 6.45) is 9.97. The zero-order valence-corrected chi connectivity index (χ0v) is 29.0. The fraction of sp³-hybridized carbons (Fsp3) is 0.421. The van der Waals surface area contributed by atoms with Crippen LogP contribution >= 0.6 is 11.3 Å². The molecule has 2 heterocycles. The Hall–Kier alpha value is -4.08. The van der Waals surface area contributed by atoms with Gasteiger partial charge in [-0.05, 0) is 54.2 Å². The summed E-state index contributed by atoms with van der Waals surface area (Å²) in [5.74, 6) is 0.810. The molecule has 0 fully saturated rings. The van der Waals surface area contributed by atoms with E-state index in [9.17, 15) is 14.7 Å². The fourth-order valence-corrected chi connectivity index (χ4v) is 5.95. The maximum absolute atomic E-state index is 13.2. The van der Waals surface area contributed by atoms with E-state index in [1.165, 1.54) is 37.0 Å². The molecule has 0 aliphatic rings. The second-order valence-corrected chi connectivity index (χ2v) is 14.1. The minimum absolute atomic E-state index is 0.0734. The molecular weight excluding hydrogens is 609 g/mol. The summed E-state index contributed by atoms with van der Waals surface area (Å²) >= 11 is 1.43. The van der Waals surface area contributed by atoms with Crippen LogP contribution in [0.4, 0.5) is 0 Å². The van der Waals surface area contributed by atoms with Gasteiger partial charge in [0.1, 0.15) is 11.8 Å². The largest absolute Gasteiger partial charge is 0.494 e. The van der Waals surface area contributed by atoms with Crippen molar-refractivity contribution < 1.29 is 19.4 Å². The Morgan fingerprint density at radius 2 is 1.51 bits per heavy atom. The van der Waals surface area contributed by atoms with E-state index in [1.807, 2.05) is 67.0 Å². The smallest absolute Gasteiger partial charge is 0.262 e. The Morgan fingerprint density at radius 1 is 0.851 bits per heavy atom. The first-order valence-corrected chi connectivity index (χ1v) is 17.4. The predicted molar refractivity (Wildman–Crippen MR) is 190 cm³/mol. The maximum atomic E-state index is 13.2. The van der Waals surface area contributed by atoms with Gasteiger partial charge in [-0.25, -0.2) is 9.97 Å². The van der Waals surface area contributed by atoms with Crippen molar-refractivity contribution in [2.45, 2.75) is 90.6 Å². The van der Waals surface area contributed by atoms with Crippen molar-refractivity contribution >= 4 is 23.2 Å². The van der Waals surface area contributed by atoms with E-state index in [0.717, 1.165) is 45.9 Å². The molecule has 0 spiro atoms. The van der Waals surface area contributed by atoms with Crippen LogP contribution < -0.4 is 15.4 Å². The number of thiophene rings is 1. The second-order valence-electron chi connectivity index (χ2n) is 13.0. The number of unbranched alkanes of at least 4 members (excludes halogenated alkanes) is 4. The lowest BCUT2D eigenvalue weighted by Crippen LogP contribution is -2.50. The average Bonchev–Trinajstić information content (AvgIpc) is 3.59. The van der Waals surface area contributed by atoms with Crippen molar-refractivity contribution in [3.8, 4) is 28.3 Å². The number of hydrogen-bond acceptors (Lipinski definition) is 7. The van der Waals surface area contributed by atoms with Gasteiger partial charge < -0.3 is 20.5 Å². The van der Waals surface area contributed by atoms with Gasteiger partial charge in [-0.2, -0.15) is 0 Å².